The maximum Gasteiger partial charge on any atom is 1.00 e. The van der Waals surface area contributed by atoms with Crippen LogP contribution in [0, 0.1) is 13.8 Å². The molecule has 2 heterocycles. The van der Waals surface area contributed by atoms with Crippen molar-refractivity contribution < 1.29 is 99.0 Å². The number of hydrogen-bond donors (Lipinski definition) is 1. The van der Waals surface area contributed by atoms with Gasteiger partial charge < -0.3 is 10.9 Å². The van der Waals surface area contributed by atoms with Gasteiger partial charge in [-0.2, -0.15) is 30.6 Å². The van der Waals surface area contributed by atoms with Crippen LogP contribution in [0.5, 0.6) is 0 Å². The van der Waals surface area contributed by atoms with Crippen LogP contribution in [0.3, 0.4) is 0 Å². The van der Waals surface area contributed by atoms with Crippen molar-refractivity contribution in [2.45, 2.75) is 74.8 Å². The Kier molecular flexibility index (Phi) is 23.6. The molecule has 74 heavy (non-hydrogen) atoms. The summed E-state index contributed by atoms with van der Waals surface area (Å²) in [4.78, 5) is 28.6. The number of carbonyl (C=O) groups excluding carboxylic acids is 2. The molecule has 396 valence electrons. The van der Waals surface area contributed by atoms with Gasteiger partial charge in [-0.05, 0) is 135 Å². The number of rotatable bonds is 13. The number of nitrogens with zero attached hydrogens (tertiary/aromatic N) is 3. The SMILES string of the molecule is COC(=O)CBr.COC(=O)CN(C(C)(C)c1cccc(-c2ccncc2C)c1)S(=O)(=O)c1ccccc1C(F)(F)F.Cc1cnccc1-c1cccc(C(C)(C)NS(=O)(=O)c2ccccc2C(F)(F)F)c1.[2H]CF.[H-].[Na+]. The first-order valence-electron chi connectivity index (χ1n) is 22.1. The molecule has 0 atom stereocenters. The van der Waals surface area contributed by atoms with Crippen LogP contribution in [0.1, 0.15) is 63.9 Å². The average Bonchev–Trinajstić information content (AvgIpc) is 3.35. The first-order chi connectivity index (χ1) is 34.4. The summed E-state index contributed by atoms with van der Waals surface area (Å²) in [7, 11) is -7.82. The van der Waals surface area contributed by atoms with Crippen LogP contribution >= 0.6 is 15.9 Å². The van der Waals surface area contributed by atoms with Gasteiger partial charge in [0.1, 0.15) is 11.9 Å². The number of alkyl halides is 8. The third-order valence-corrected chi connectivity index (χ3v) is 15.2. The summed E-state index contributed by atoms with van der Waals surface area (Å²) >= 11 is 2.90. The van der Waals surface area contributed by atoms with Gasteiger partial charge in [0.2, 0.25) is 20.0 Å². The maximum atomic E-state index is 13.7. The summed E-state index contributed by atoms with van der Waals surface area (Å²) in [6, 6.07) is 25.9. The fourth-order valence-electron chi connectivity index (χ4n) is 7.13. The molecule has 0 aliphatic heterocycles. The molecule has 23 heteroatoms. The number of aryl methyl sites for hydroxylation is 2. The van der Waals surface area contributed by atoms with Crippen LogP contribution in [-0.4, -0.2) is 76.3 Å². The molecule has 12 nitrogen and oxygen atoms in total. The van der Waals surface area contributed by atoms with Crippen molar-refractivity contribution in [2.75, 3.05) is 33.2 Å². The number of ether oxygens (including phenoxy) is 2. The normalized spacial score (nSPS) is 12.0. The van der Waals surface area contributed by atoms with E-state index in [0.29, 0.717) is 17.2 Å². The first kappa shape index (κ1) is 63.2. The van der Waals surface area contributed by atoms with E-state index in [1.54, 1.807) is 69.0 Å². The Hall–Kier alpha value is -5.07. The van der Waals surface area contributed by atoms with Crippen LogP contribution in [-0.2, 0) is 62.5 Å². The van der Waals surface area contributed by atoms with Crippen LogP contribution in [0.4, 0.5) is 30.7 Å². The number of hydrogen-bond acceptors (Lipinski definition) is 10. The third-order valence-electron chi connectivity index (χ3n) is 10.9. The number of carbonyl (C=O) groups is 2. The smallest absolute Gasteiger partial charge is 1.00 e. The summed E-state index contributed by atoms with van der Waals surface area (Å²) in [6.45, 7) is 9.29. The van der Waals surface area contributed by atoms with Gasteiger partial charge in [0.25, 0.3) is 0 Å². The van der Waals surface area contributed by atoms with Gasteiger partial charge in [-0.1, -0.05) is 76.6 Å². The zero-order valence-corrected chi connectivity index (χ0v) is 47.0. The molecule has 0 saturated heterocycles. The van der Waals surface area contributed by atoms with E-state index in [9.17, 15) is 57.2 Å². The summed E-state index contributed by atoms with van der Waals surface area (Å²) in [5, 5.41) is 0.281. The Labute approximate surface area is 460 Å². The molecule has 1 N–H and O–H groups in total. The maximum absolute atomic E-state index is 13.7. The molecule has 2 aromatic heterocycles. The van der Waals surface area contributed by atoms with Crippen LogP contribution in [0.15, 0.2) is 144 Å². The minimum absolute atomic E-state index is 0. The Balaban J connectivity index is 0.000000645. The molecular weight excluding hydrogens is 1100 g/mol. The van der Waals surface area contributed by atoms with Gasteiger partial charge in [-0.15, -0.1) is 0 Å². The van der Waals surface area contributed by atoms with E-state index >= 15 is 0 Å². The molecule has 0 spiro atoms. The molecule has 4 aromatic carbocycles. The van der Waals surface area contributed by atoms with Gasteiger partial charge in [-0.3, -0.25) is 23.9 Å². The molecule has 6 rings (SSSR count). The van der Waals surface area contributed by atoms with E-state index in [1.807, 2.05) is 44.2 Å². The Morgan fingerprint density at radius 3 is 1.51 bits per heavy atom. The number of halogens is 8. The fourth-order valence-corrected chi connectivity index (χ4v) is 10.9. The number of methoxy groups -OCH3 is 2. The van der Waals surface area contributed by atoms with E-state index in [2.05, 4.69) is 40.1 Å². The van der Waals surface area contributed by atoms with Crippen molar-refractivity contribution in [3.8, 4) is 22.3 Å². The van der Waals surface area contributed by atoms with E-state index in [1.165, 1.54) is 33.1 Å². The van der Waals surface area contributed by atoms with Crippen molar-refractivity contribution in [3.05, 3.63) is 167 Å². The summed E-state index contributed by atoms with van der Waals surface area (Å²) in [5.41, 5.74) is 1.26. The number of nitrogens with one attached hydrogen (secondary N) is 1. The fraction of sp³-hybridized carbons (Fsp3) is 0.294. The van der Waals surface area contributed by atoms with Crippen molar-refractivity contribution >= 4 is 47.9 Å². The number of benzene rings is 4. The zero-order chi connectivity index (χ0) is 55.9. The van der Waals surface area contributed by atoms with Gasteiger partial charge in [0, 0.05) is 24.8 Å². The molecule has 0 amide bonds. The van der Waals surface area contributed by atoms with Crippen molar-refractivity contribution in [2.24, 2.45) is 0 Å². The van der Waals surface area contributed by atoms with Gasteiger partial charge in [0.15, 0.2) is 0 Å². The molecular formula is C51H55BrF7N4NaO8S2. The van der Waals surface area contributed by atoms with Gasteiger partial charge in [0.05, 0.1) is 54.7 Å². The monoisotopic (exact) mass is 1150 g/mol. The first-order valence-corrected chi connectivity index (χ1v) is 25.5. The van der Waals surface area contributed by atoms with E-state index in [0.717, 1.165) is 75.1 Å². The second kappa shape index (κ2) is 27.6. The number of sulfonamides is 2. The third kappa shape index (κ3) is 17.0. The molecule has 0 fully saturated rings. The largest absolute Gasteiger partial charge is 1.00 e. The zero-order valence-electron chi connectivity index (χ0n) is 43.8. The van der Waals surface area contributed by atoms with Crippen molar-refractivity contribution in [3.63, 3.8) is 0 Å². The Morgan fingerprint density at radius 1 is 0.676 bits per heavy atom. The average molecular weight is 1150 g/mol. The van der Waals surface area contributed by atoms with Crippen LogP contribution in [0.25, 0.3) is 22.3 Å². The summed E-state index contributed by atoms with van der Waals surface area (Å²) in [5.74, 6) is -1.15. The van der Waals surface area contributed by atoms with E-state index in [-0.39, 0.29) is 42.3 Å². The minimum atomic E-state index is -4.91. The van der Waals surface area contributed by atoms with Crippen molar-refractivity contribution in [1.82, 2.24) is 19.0 Å². The predicted molar refractivity (Wildman–Crippen MR) is 268 cm³/mol. The quantitative estimate of drug-likeness (QED) is 0.0513. The minimum Gasteiger partial charge on any atom is -1.00 e. The topological polar surface area (TPSA) is 162 Å². The van der Waals surface area contributed by atoms with E-state index < -0.39 is 84.1 Å². The molecule has 0 aliphatic carbocycles. The molecule has 0 radical (unpaired) electrons. The number of esters is 2. The molecule has 0 unspecified atom stereocenters. The van der Waals surface area contributed by atoms with Gasteiger partial charge >= 0.3 is 53.8 Å². The van der Waals surface area contributed by atoms with Gasteiger partial charge in [-0.25, -0.2) is 21.6 Å². The molecule has 0 aliphatic rings. The second-order valence-corrected chi connectivity index (χ2v) is 20.7. The second-order valence-electron chi connectivity index (χ2n) is 16.6. The summed E-state index contributed by atoms with van der Waals surface area (Å²) < 4.78 is 162. The predicted octanol–water partition coefficient (Wildman–Crippen LogP) is 8.72. The summed E-state index contributed by atoms with van der Waals surface area (Å²) in [6.07, 6.45) is -2.99. The Morgan fingerprint density at radius 2 is 1.09 bits per heavy atom. The number of aromatic nitrogens is 2. The van der Waals surface area contributed by atoms with Crippen molar-refractivity contribution in [1.29, 1.82) is 0 Å². The molecule has 6 aromatic rings. The Bertz CT molecular complexity index is 3100. The van der Waals surface area contributed by atoms with Crippen LogP contribution in [0.2, 0.25) is 0 Å². The standard InChI is InChI=1S/C25H25F3N2O4S.C22H21F3N2O2S.C3H5BrO2.CH3F.Na.H/c1-17-15-29-13-12-20(17)18-8-7-9-19(14-18)24(2,3)30(16-23(31)34-4)35(32,33)22-11-6-5-10-21(22)25(26,27)28;1-15-14-26-12-11-18(15)16-7-6-8-17(13-16)21(2,3)27-30(28,29)20-10-5-4-9-19(20)22(23,24)25;1-6-3(5)2-4;1-2;;/h5-15H,16H2,1-4H3;4-14,27H,1-3H3;2H2,1H3;1H3;;/q;;;;+1;-1/i;;;1D;;. The number of pyridine rings is 2. The van der Waals surface area contributed by atoms with Crippen LogP contribution < -0.4 is 34.3 Å². The molecule has 0 saturated carbocycles. The van der Waals surface area contributed by atoms with E-state index in [4.69, 9.17) is 1.37 Å². The molecule has 0 bridgehead atoms.